The minimum absolute atomic E-state index is 0.111. The normalized spacial score (nSPS) is 22.0. The molecule has 0 aromatic carbocycles. The molecular formula is C10H16O2. The van der Waals surface area contributed by atoms with Crippen molar-refractivity contribution in [2.45, 2.75) is 26.4 Å². The lowest BCUT2D eigenvalue weighted by Crippen LogP contribution is -2.18. The van der Waals surface area contributed by atoms with Gasteiger partial charge >= 0.3 is 0 Å². The third-order valence-corrected chi connectivity index (χ3v) is 1.82. The molecule has 0 aromatic rings. The van der Waals surface area contributed by atoms with E-state index in [0.29, 0.717) is 5.92 Å². The summed E-state index contributed by atoms with van der Waals surface area (Å²) in [5.74, 6) is 1.55. The molecule has 68 valence electrons. The van der Waals surface area contributed by atoms with Gasteiger partial charge in [0, 0.05) is 0 Å². The van der Waals surface area contributed by atoms with Crippen LogP contribution in [-0.2, 0) is 9.47 Å². The molecular weight excluding hydrogens is 152 g/mol. The lowest BCUT2D eigenvalue weighted by molar-refractivity contribution is 0.0882. The summed E-state index contributed by atoms with van der Waals surface area (Å²) < 4.78 is 10.6. The third-order valence-electron chi connectivity index (χ3n) is 1.82. The van der Waals surface area contributed by atoms with Crippen molar-refractivity contribution in [2.75, 3.05) is 7.11 Å². The summed E-state index contributed by atoms with van der Waals surface area (Å²) in [6.07, 6.45) is 6.64. The zero-order valence-electron chi connectivity index (χ0n) is 7.91. The number of ether oxygens (including phenoxy) is 2. The van der Waals surface area contributed by atoms with Gasteiger partial charge in [0.2, 0.25) is 0 Å². The predicted octanol–water partition coefficient (Wildman–Crippen LogP) is 2.48. The minimum Gasteiger partial charge on any atom is -0.497 e. The van der Waals surface area contributed by atoms with E-state index in [-0.39, 0.29) is 6.10 Å². The van der Waals surface area contributed by atoms with Crippen LogP contribution in [0.4, 0.5) is 0 Å². The Balaban J connectivity index is 2.54. The Morgan fingerprint density at radius 1 is 1.58 bits per heavy atom. The second kappa shape index (κ2) is 4.19. The molecule has 0 N–H and O–H groups in total. The fourth-order valence-corrected chi connectivity index (χ4v) is 1.25. The Bertz CT molecular complexity index is 192. The molecule has 0 radical (unpaired) electrons. The summed E-state index contributed by atoms with van der Waals surface area (Å²) in [5, 5.41) is 0. The van der Waals surface area contributed by atoms with Gasteiger partial charge in [-0.2, -0.15) is 0 Å². The highest BCUT2D eigenvalue weighted by atomic mass is 16.5. The highest BCUT2D eigenvalue weighted by Gasteiger charge is 2.18. The fraction of sp³-hybridized carbons (Fsp3) is 0.600. The summed E-state index contributed by atoms with van der Waals surface area (Å²) in [6, 6.07) is 0. The van der Waals surface area contributed by atoms with E-state index in [9.17, 15) is 0 Å². The molecule has 1 aliphatic rings. The summed E-state index contributed by atoms with van der Waals surface area (Å²) >= 11 is 0. The number of hydrogen-bond donors (Lipinski definition) is 0. The largest absolute Gasteiger partial charge is 0.497 e. The lowest BCUT2D eigenvalue weighted by atomic mass is 10.0. The molecule has 1 unspecified atom stereocenters. The first-order valence-corrected chi connectivity index (χ1v) is 4.30. The number of hydrogen-bond acceptors (Lipinski definition) is 2. The maximum Gasteiger partial charge on any atom is 0.155 e. The van der Waals surface area contributed by atoms with Gasteiger partial charge in [-0.3, -0.25) is 0 Å². The summed E-state index contributed by atoms with van der Waals surface area (Å²) in [7, 11) is 1.68. The van der Waals surface area contributed by atoms with Gasteiger partial charge in [-0.25, -0.2) is 0 Å². The first-order valence-electron chi connectivity index (χ1n) is 4.30. The Hall–Kier alpha value is -0.920. The minimum atomic E-state index is 0.111. The maximum absolute atomic E-state index is 5.42. The number of allylic oxidation sites excluding steroid dienone is 2. The first-order chi connectivity index (χ1) is 5.74. The molecule has 1 rings (SSSR count). The Morgan fingerprint density at radius 2 is 2.33 bits per heavy atom. The van der Waals surface area contributed by atoms with Gasteiger partial charge in [0.15, 0.2) is 6.10 Å². The van der Waals surface area contributed by atoms with E-state index in [2.05, 4.69) is 13.8 Å². The van der Waals surface area contributed by atoms with E-state index >= 15 is 0 Å². The molecule has 0 saturated heterocycles. The molecule has 0 aromatic heterocycles. The smallest absolute Gasteiger partial charge is 0.155 e. The van der Waals surface area contributed by atoms with Crippen molar-refractivity contribution in [3.05, 3.63) is 24.2 Å². The van der Waals surface area contributed by atoms with Crippen molar-refractivity contribution >= 4 is 0 Å². The van der Waals surface area contributed by atoms with Crippen LogP contribution in [0.15, 0.2) is 24.2 Å². The standard InChI is InChI=1S/C10H16O2/c1-8(2)7-10-9(11-3)5-4-6-12-10/h4-6,8,10H,7H2,1-3H3. The highest BCUT2D eigenvalue weighted by molar-refractivity contribution is 5.14. The summed E-state index contributed by atoms with van der Waals surface area (Å²) in [4.78, 5) is 0. The Morgan fingerprint density at radius 3 is 2.92 bits per heavy atom. The Kier molecular flexibility index (Phi) is 3.20. The van der Waals surface area contributed by atoms with Crippen LogP contribution in [0, 0.1) is 5.92 Å². The van der Waals surface area contributed by atoms with Crippen molar-refractivity contribution in [3.8, 4) is 0 Å². The zero-order valence-corrected chi connectivity index (χ0v) is 7.91. The maximum atomic E-state index is 5.42. The molecule has 0 fully saturated rings. The quantitative estimate of drug-likeness (QED) is 0.644. The van der Waals surface area contributed by atoms with E-state index in [4.69, 9.17) is 9.47 Å². The summed E-state index contributed by atoms with van der Waals surface area (Å²) in [5.41, 5.74) is 0. The van der Waals surface area contributed by atoms with Gasteiger partial charge in [0.1, 0.15) is 5.76 Å². The number of rotatable bonds is 3. The molecule has 2 nitrogen and oxygen atoms in total. The van der Waals surface area contributed by atoms with Crippen molar-refractivity contribution in [3.63, 3.8) is 0 Å². The van der Waals surface area contributed by atoms with Crippen LogP contribution in [-0.4, -0.2) is 13.2 Å². The van der Waals surface area contributed by atoms with Crippen LogP contribution in [0.3, 0.4) is 0 Å². The number of methoxy groups -OCH3 is 1. The molecule has 1 atom stereocenters. The van der Waals surface area contributed by atoms with Crippen LogP contribution >= 0.6 is 0 Å². The second-order valence-corrected chi connectivity index (χ2v) is 3.36. The van der Waals surface area contributed by atoms with Gasteiger partial charge in [-0.05, 0) is 24.5 Å². The van der Waals surface area contributed by atoms with Crippen molar-refractivity contribution in [1.82, 2.24) is 0 Å². The van der Waals surface area contributed by atoms with Crippen LogP contribution < -0.4 is 0 Å². The monoisotopic (exact) mass is 168 g/mol. The molecule has 1 aliphatic heterocycles. The lowest BCUT2D eigenvalue weighted by Gasteiger charge is -2.22. The Labute approximate surface area is 73.9 Å². The van der Waals surface area contributed by atoms with Crippen LogP contribution in [0.5, 0.6) is 0 Å². The molecule has 0 spiro atoms. The van der Waals surface area contributed by atoms with E-state index < -0.39 is 0 Å². The van der Waals surface area contributed by atoms with E-state index in [1.165, 1.54) is 0 Å². The van der Waals surface area contributed by atoms with Crippen LogP contribution in [0.2, 0.25) is 0 Å². The van der Waals surface area contributed by atoms with Crippen molar-refractivity contribution in [2.24, 2.45) is 5.92 Å². The van der Waals surface area contributed by atoms with Gasteiger partial charge < -0.3 is 9.47 Å². The van der Waals surface area contributed by atoms with Crippen molar-refractivity contribution < 1.29 is 9.47 Å². The molecule has 0 bridgehead atoms. The van der Waals surface area contributed by atoms with Crippen molar-refractivity contribution in [1.29, 1.82) is 0 Å². The highest BCUT2D eigenvalue weighted by Crippen LogP contribution is 2.20. The SMILES string of the molecule is COC1=CC=COC1CC(C)C. The molecule has 0 aliphatic carbocycles. The van der Waals surface area contributed by atoms with E-state index in [1.807, 2.05) is 12.2 Å². The van der Waals surface area contributed by atoms with Gasteiger partial charge in [0.05, 0.1) is 13.4 Å². The topological polar surface area (TPSA) is 18.5 Å². The second-order valence-electron chi connectivity index (χ2n) is 3.36. The summed E-state index contributed by atoms with van der Waals surface area (Å²) in [6.45, 7) is 4.35. The predicted molar refractivity (Wildman–Crippen MR) is 48.6 cm³/mol. The van der Waals surface area contributed by atoms with Crippen LogP contribution in [0.1, 0.15) is 20.3 Å². The van der Waals surface area contributed by atoms with Crippen LogP contribution in [0.25, 0.3) is 0 Å². The zero-order chi connectivity index (χ0) is 8.97. The first kappa shape index (κ1) is 9.17. The van der Waals surface area contributed by atoms with Gasteiger partial charge in [-0.1, -0.05) is 13.8 Å². The average molecular weight is 168 g/mol. The third kappa shape index (κ3) is 2.29. The fourth-order valence-electron chi connectivity index (χ4n) is 1.25. The molecule has 1 heterocycles. The molecule has 0 saturated carbocycles. The van der Waals surface area contributed by atoms with E-state index in [1.54, 1.807) is 13.4 Å². The van der Waals surface area contributed by atoms with E-state index in [0.717, 1.165) is 12.2 Å². The molecule has 0 amide bonds. The molecule has 2 heteroatoms. The average Bonchev–Trinajstić information content (AvgIpc) is 2.04. The van der Waals surface area contributed by atoms with Gasteiger partial charge in [-0.15, -0.1) is 0 Å². The van der Waals surface area contributed by atoms with Gasteiger partial charge in [0.25, 0.3) is 0 Å². The molecule has 12 heavy (non-hydrogen) atoms.